The monoisotopic (exact) mass is 299 g/mol. The minimum atomic E-state index is 0.113. The number of thioether (sulfide) groups is 1. The van der Waals surface area contributed by atoms with Gasteiger partial charge in [0.1, 0.15) is 0 Å². The second-order valence-corrected chi connectivity index (χ2v) is 7.01. The van der Waals surface area contributed by atoms with Crippen molar-refractivity contribution in [2.75, 3.05) is 5.75 Å². The van der Waals surface area contributed by atoms with Crippen LogP contribution in [0.1, 0.15) is 39.4 Å². The highest BCUT2D eigenvalue weighted by molar-refractivity contribution is 7.98. The Morgan fingerprint density at radius 3 is 2.19 bits per heavy atom. The molecule has 21 heavy (non-hydrogen) atoms. The van der Waals surface area contributed by atoms with Crippen molar-refractivity contribution < 1.29 is 0 Å². The van der Waals surface area contributed by atoms with E-state index in [1.54, 1.807) is 0 Å². The molecule has 0 aliphatic rings. The van der Waals surface area contributed by atoms with Crippen LogP contribution >= 0.6 is 11.8 Å². The SMILES string of the molecule is Cc1cc(C)cc(CSCC(N)c2ccc(C)cc2C)c1. The lowest BCUT2D eigenvalue weighted by molar-refractivity contribution is 0.822. The Labute approximate surface area is 133 Å². The molecule has 0 saturated heterocycles. The van der Waals surface area contributed by atoms with Gasteiger partial charge in [-0.05, 0) is 44.4 Å². The van der Waals surface area contributed by atoms with Gasteiger partial charge < -0.3 is 5.73 Å². The molecule has 1 atom stereocenters. The van der Waals surface area contributed by atoms with Crippen molar-refractivity contribution in [3.8, 4) is 0 Å². The summed E-state index contributed by atoms with van der Waals surface area (Å²) >= 11 is 1.91. The molecule has 1 nitrogen and oxygen atoms in total. The lowest BCUT2D eigenvalue weighted by atomic mass is 10.0. The summed E-state index contributed by atoms with van der Waals surface area (Å²) in [6.07, 6.45) is 0. The van der Waals surface area contributed by atoms with E-state index in [-0.39, 0.29) is 6.04 Å². The van der Waals surface area contributed by atoms with Crippen LogP contribution in [0.15, 0.2) is 36.4 Å². The average molecular weight is 299 g/mol. The van der Waals surface area contributed by atoms with E-state index in [4.69, 9.17) is 5.73 Å². The van der Waals surface area contributed by atoms with Gasteiger partial charge >= 0.3 is 0 Å². The van der Waals surface area contributed by atoms with Crippen molar-refractivity contribution >= 4 is 11.8 Å². The molecule has 2 rings (SSSR count). The Kier molecular flexibility index (Phi) is 5.49. The second kappa shape index (κ2) is 7.15. The Morgan fingerprint density at radius 1 is 0.905 bits per heavy atom. The zero-order valence-corrected chi connectivity index (χ0v) is 14.3. The molecule has 0 fully saturated rings. The minimum absolute atomic E-state index is 0.113. The Hall–Kier alpha value is -1.25. The first-order valence-electron chi connectivity index (χ1n) is 7.43. The number of nitrogens with two attached hydrogens (primary N) is 1. The normalized spacial score (nSPS) is 12.4. The highest BCUT2D eigenvalue weighted by atomic mass is 32.2. The van der Waals surface area contributed by atoms with E-state index >= 15 is 0 Å². The maximum Gasteiger partial charge on any atom is 0.0389 e. The molecular formula is C19H25NS. The van der Waals surface area contributed by atoms with Gasteiger partial charge in [-0.2, -0.15) is 11.8 Å². The molecule has 1 unspecified atom stereocenters. The third kappa shape index (κ3) is 4.62. The predicted octanol–water partition coefficient (Wildman–Crippen LogP) is 4.85. The van der Waals surface area contributed by atoms with Crippen molar-refractivity contribution in [2.24, 2.45) is 5.73 Å². The zero-order valence-electron chi connectivity index (χ0n) is 13.4. The zero-order chi connectivity index (χ0) is 15.4. The molecule has 2 N–H and O–H groups in total. The summed E-state index contributed by atoms with van der Waals surface area (Å²) in [4.78, 5) is 0. The Bertz CT molecular complexity index is 599. The molecule has 0 saturated carbocycles. The highest BCUT2D eigenvalue weighted by Crippen LogP contribution is 2.23. The topological polar surface area (TPSA) is 26.0 Å². The van der Waals surface area contributed by atoms with E-state index in [0.717, 1.165) is 11.5 Å². The van der Waals surface area contributed by atoms with E-state index < -0.39 is 0 Å². The number of hydrogen-bond acceptors (Lipinski definition) is 2. The standard InChI is InChI=1S/C19H25NS/c1-13-5-6-18(16(4)8-13)19(20)12-21-11-17-9-14(2)7-15(3)10-17/h5-10,19H,11-12,20H2,1-4H3. The van der Waals surface area contributed by atoms with E-state index in [1.165, 1.54) is 33.4 Å². The summed E-state index contributed by atoms with van der Waals surface area (Å²) in [5, 5.41) is 0. The van der Waals surface area contributed by atoms with E-state index in [9.17, 15) is 0 Å². The van der Waals surface area contributed by atoms with Gasteiger partial charge in [-0.1, -0.05) is 53.1 Å². The van der Waals surface area contributed by atoms with Crippen LogP contribution in [0.25, 0.3) is 0 Å². The summed E-state index contributed by atoms with van der Waals surface area (Å²) < 4.78 is 0. The van der Waals surface area contributed by atoms with Gasteiger partial charge in [0.25, 0.3) is 0 Å². The number of rotatable bonds is 5. The molecule has 0 spiro atoms. The van der Waals surface area contributed by atoms with Crippen LogP contribution in [-0.2, 0) is 5.75 Å². The number of benzene rings is 2. The molecule has 0 aliphatic heterocycles. The molecule has 2 aromatic rings. The van der Waals surface area contributed by atoms with Crippen molar-refractivity contribution in [1.29, 1.82) is 0 Å². The maximum absolute atomic E-state index is 6.35. The van der Waals surface area contributed by atoms with Gasteiger partial charge in [-0.15, -0.1) is 0 Å². The molecule has 0 aromatic heterocycles. The summed E-state index contributed by atoms with van der Waals surface area (Å²) in [6, 6.07) is 13.4. The summed E-state index contributed by atoms with van der Waals surface area (Å²) in [5.74, 6) is 1.98. The lowest BCUT2D eigenvalue weighted by Crippen LogP contribution is -2.14. The van der Waals surface area contributed by atoms with Crippen LogP contribution in [0.3, 0.4) is 0 Å². The van der Waals surface area contributed by atoms with E-state index in [2.05, 4.69) is 64.1 Å². The first kappa shape index (κ1) is 16.1. The fourth-order valence-electron chi connectivity index (χ4n) is 2.79. The Balaban J connectivity index is 1.93. The summed E-state index contributed by atoms with van der Waals surface area (Å²) in [7, 11) is 0. The highest BCUT2D eigenvalue weighted by Gasteiger charge is 2.09. The van der Waals surface area contributed by atoms with Crippen molar-refractivity contribution in [2.45, 2.75) is 39.5 Å². The minimum Gasteiger partial charge on any atom is -0.323 e. The van der Waals surface area contributed by atoms with Crippen LogP contribution in [0.5, 0.6) is 0 Å². The smallest absolute Gasteiger partial charge is 0.0389 e. The van der Waals surface area contributed by atoms with E-state index in [1.807, 2.05) is 11.8 Å². The molecule has 2 aromatic carbocycles. The largest absolute Gasteiger partial charge is 0.323 e. The predicted molar refractivity (Wildman–Crippen MR) is 94.9 cm³/mol. The van der Waals surface area contributed by atoms with Gasteiger partial charge in [-0.25, -0.2) is 0 Å². The van der Waals surface area contributed by atoms with Crippen molar-refractivity contribution in [3.05, 3.63) is 69.8 Å². The third-order valence-electron chi connectivity index (χ3n) is 3.67. The first-order valence-corrected chi connectivity index (χ1v) is 8.59. The third-order valence-corrected chi connectivity index (χ3v) is 4.80. The van der Waals surface area contributed by atoms with Crippen LogP contribution in [0, 0.1) is 27.7 Å². The van der Waals surface area contributed by atoms with Gasteiger partial charge in [0.05, 0.1) is 0 Å². The van der Waals surface area contributed by atoms with Crippen LogP contribution in [0.4, 0.5) is 0 Å². The fraction of sp³-hybridized carbons (Fsp3) is 0.368. The van der Waals surface area contributed by atoms with E-state index in [0.29, 0.717) is 0 Å². The van der Waals surface area contributed by atoms with Crippen LogP contribution < -0.4 is 5.73 Å². The van der Waals surface area contributed by atoms with Gasteiger partial charge in [-0.3, -0.25) is 0 Å². The quantitative estimate of drug-likeness (QED) is 0.853. The molecule has 2 heteroatoms. The molecular weight excluding hydrogens is 274 g/mol. The molecule has 112 valence electrons. The summed E-state index contributed by atoms with van der Waals surface area (Å²) in [5.41, 5.74) is 14.3. The molecule has 0 heterocycles. The maximum atomic E-state index is 6.35. The molecule has 0 amide bonds. The second-order valence-electron chi connectivity index (χ2n) is 5.98. The molecule has 0 radical (unpaired) electrons. The van der Waals surface area contributed by atoms with Crippen molar-refractivity contribution in [3.63, 3.8) is 0 Å². The van der Waals surface area contributed by atoms with Gasteiger partial charge in [0, 0.05) is 17.5 Å². The lowest BCUT2D eigenvalue weighted by Gasteiger charge is -2.15. The molecule has 0 bridgehead atoms. The summed E-state index contributed by atoms with van der Waals surface area (Å²) in [6.45, 7) is 8.58. The van der Waals surface area contributed by atoms with Crippen LogP contribution in [0.2, 0.25) is 0 Å². The first-order chi connectivity index (χ1) is 9.95. The molecule has 0 aliphatic carbocycles. The number of hydrogen-bond donors (Lipinski definition) is 1. The van der Waals surface area contributed by atoms with Crippen molar-refractivity contribution in [1.82, 2.24) is 0 Å². The average Bonchev–Trinajstić information content (AvgIpc) is 2.37. The van der Waals surface area contributed by atoms with Gasteiger partial charge in [0.15, 0.2) is 0 Å². The van der Waals surface area contributed by atoms with Crippen LogP contribution in [-0.4, -0.2) is 5.75 Å². The fourth-order valence-corrected chi connectivity index (χ4v) is 3.74. The van der Waals surface area contributed by atoms with Gasteiger partial charge in [0.2, 0.25) is 0 Å². The Morgan fingerprint density at radius 2 is 1.57 bits per heavy atom. The number of aryl methyl sites for hydroxylation is 4.